The van der Waals surface area contributed by atoms with E-state index in [2.05, 4.69) is 15.0 Å². The van der Waals surface area contributed by atoms with Gasteiger partial charge in [-0.1, -0.05) is 12.1 Å². The van der Waals surface area contributed by atoms with E-state index in [1.165, 1.54) is 0 Å². The summed E-state index contributed by atoms with van der Waals surface area (Å²) in [5.74, 6) is -0.874. The van der Waals surface area contributed by atoms with Crippen molar-refractivity contribution in [3.05, 3.63) is 63.6 Å². The second-order valence-electron chi connectivity index (χ2n) is 5.52. The number of anilines is 1. The van der Waals surface area contributed by atoms with Crippen LogP contribution in [0.2, 0.25) is 0 Å². The first-order valence-corrected chi connectivity index (χ1v) is 7.49. The van der Waals surface area contributed by atoms with Crippen molar-refractivity contribution in [2.45, 2.75) is 19.3 Å². The maximum Gasteiger partial charge on any atom is 0.335 e. The highest BCUT2D eigenvalue weighted by Crippen LogP contribution is 2.12. The van der Waals surface area contributed by atoms with Crippen molar-refractivity contribution in [3.63, 3.8) is 0 Å². The van der Waals surface area contributed by atoms with Crippen molar-refractivity contribution in [3.8, 4) is 0 Å². The molecule has 7 nitrogen and oxygen atoms in total. The minimum atomic E-state index is -0.928. The lowest BCUT2D eigenvalue weighted by molar-refractivity contribution is 0.0697. The van der Waals surface area contributed by atoms with Crippen molar-refractivity contribution < 1.29 is 9.90 Å². The summed E-state index contributed by atoms with van der Waals surface area (Å²) in [7, 11) is 0. The van der Waals surface area contributed by atoms with E-state index in [4.69, 9.17) is 10.8 Å². The van der Waals surface area contributed by atoms with Gasteiger partial charge in [-0.15, -0.1) is 0 Å². The van der Waals surface area contributed by atoms with Crippen LogP contribution in [0.25, 0.3) is 11.0 Å². The molecule has 0 radical (unpaired) electrons. The van der Waals surface area contributed by atoms with Gasteiger partial charge in [0.1, 0.15) is 0 Å². The van der Waals surface area contributed by atoms with Gasteiger partial charge >= 0.3 is 5.97 Å². The average Bonchev–Trinajstić information content (AvgIpc) is 2.55. The summed E-state index contributed by atoms with van der Waals surface area (Å²) in [6.45, 7) is 0. The molecule has 0 amide bonds. The predicted molar refractivity (Wildman–Crippen MR) is 90.0 cm³/mol. The van der Waals surface area contributed by atoms with Gasteiger partial charge in [-0.3, -0.25) is 9.78 Å². The van der Waals surface area contributed by atoms with Crippen molar-refractivity contribution in [1.29, 1.82) is 0 Å². The molecule has 0 bridgehead atoms. The van der Waals surface area contributed by atoms with E-state index in [0.717, 1.165) is 30.4 Å². The van der Waals surface area contributed by atoms with Crippen LogP contribution >= 0.6 is 0 Å². The van der Waals surface area contributed by atoms with Crippen LogP contribution in [0, 0.1) is 0 Å². The Hall–Kier alpha value is -3.22. The summed E-state index contributed by atoms with van der Waals surface area (Å²) in [5, 5.41) is 9.30. The van der Waals surface area contributed by atoms with Crippen molar-refractivity contribution in [2.75, 3.05) is 5.73 Å². The maximum absolute atomic E-state index is 11.9. The minimum absolute atomic E-state index is 0.0533. The fourth-order valence-corrected chi connectivity index (χ4v) is 2.53. The molecular formula is C17H16N4O3. The fraction of sp³-hybridized carbons (Fsp3) is 0.176. The molecule has 0 saturated heterocycles. The number of nitrogens with zero attached hydrogens (tertiary/aromatic N) is 2. The lowest BCUT2D eigenvalue weighted by Gasteiger charge is -2.04. The third kappa shape index (κ3) is 3.40. The van der Waals surface area contributed by atoms with Crippen LogP contribution in [0.4, 0.5) is 5.95 Å². The normalized spacial score (nSPS) is 10.8. The summed E-state index contributed by atoms with van der Waals surface area (Å²) >= 11 is 0. The van der Waals surface area contributed by atoms with Crippen LogP contribution in [-0.4, -0.2) is 26.0 Å². The Balaban J connectivity index is 1.67. The fourth-order valence-electron chi connectivity index (χ4n) is 2.53. The Bertz CT molecular complexity index is 948. The molecule has 3 rings (SSSR count). The SMILES string of the molecule is Nc1nc2ncc(CCCc3ccc(C(=O)O)cc3)cc2c(=O)[nH]1. The lowest BCUT2D eigenvalue weighted by Crippen LogP contribution is -2.12. The number of nitrogens with two attached hydrogens (primary N) is 1. The van der Waals surface area contributed by atoms with E-state index in [9.17, 15) is 9.59 Å². The topological polar surface area (TPSA) is 122 Å². The van der Waals surface area contributed by atoms with Crippen LogP contribution in [0.3, 0.4) is 0 Å². The molecule has 1 aromatic carbocycles. The number of fused-ring (bicyclic) bond motifs is 1. The van der Waals surface area contributed by atoms with Crippen LogP contribution in [0.5, 0.6) is 0 Å². The number of hydrogen-bond acceptors (Lipinski definition) is 5. The van der Waals surface area contributed by atoms with E-state index >= 15 is 0 Å². The number of H-pyrrole nitrogens is 1. The molecule has 122 valence electrons. The van der Waals surface area contributed by atoms with E-state index in [1.807, 2.05) is 12.1 Å². The van der Waals surface area contributed by atoms with Gasteiger partial charge < -0.3 is 10.8 Å². The second kappa shape index (κ2) is 6.49. The Labute approximate surface area is 137 Å². The number of aryl methyl sites for hydroxylation is 2. The molecule has 24 heavy (non-hydrogen) atoms. The molecular weight excluding hydrogens is 308 g/mol. The summed E-state index contributed by atoms with van der Waals surface area (Å²) < 4.78 is 0. The highest BCUT2D eigenvalue weighted by Gasteiger charge is 2.06. The Morgan fingerprint density at radius 1 is 1.17 bits per heavy atom. The number of benzene rings is 1. The van der Waals surface area contributed by atoms with Crippen molar-refractivity contribution in [1.82, 2.24) is 15.0 Å². The second-order valence-corrected chi connectivity index (χ2v) is 5.52. The molecule has 0 atom stereocenters. The summed E-state index contributed by atoms with van der Waals surface area (Å²) in [4.78, 5) is 33.3. The smallest absolute Gasteiger partial charge is 0.335 e. The van der Waals surface area contributed by atoms with Crippen LogP contribution in [0.15, 0.2) is 41.3 Å². The molecule has 0 spiro atoms. The quantitative estimate of drug-likeness (QED) is 0.657. The number of carbonyl (C=O) groups is 1. The molecule has 0 fully saturated rings. The van der Waals surface area contributed by atoms with Crippen LogP contribution < -0.4 is 11.3 Å². The van der Waals surface area contributed by atoms with Crippen molar-refractivity contribution >= 4 is 23.0 Å². The zero-order valence-corrected chi connectivity index (χ0v) is 12.8. The number of hydrogen-bond donors (Lipinski definition) is 3. The van der Waals surface area contributed by atoms with E-state index < -0.39 is 5.97 Å². The largest absolute Gasteiger partial charge is 0.478 e. The molecule has 3 aromatic rings. The first-order valence-electron chi connectivity index (χ1n) is 7.49. The number of nitrogens with one attached hydrogen (secondary N) is 1. The van der Waals surface area contributed by atoms with E-state index in [0.29, 0.717) is 11.0 Å². The molecule has 2 aromatic heterocycles. The van der Waals surface area contributed by atoms with Gasteiger partial charge in [-0.2, -0.15) is 4.98 Å². The van der Waals surface area contributed by atoms with Crippen molar-refractivity contribution in [2.24, 2.45) is 0 Å². The maximum atomic E-state index is 11.9. The standard InChI is InChI=1S/C17H16N4O3/c18-17-20-14-13(15(22)21-17)8-11(9-19-14)3-1-2-10-4-6-12(7-5-10)16(23)24/h4-9H,1-3H2,(H,23,24)(H3,18,19,20,21,22). The predicted octanol–water partition coefficient (Wildman–Crippen LogP) is 1.77. The van der Waals surface area contributed by atoms with Gasteiger partial charge in [-0.05, 0) is 48.6 Å². The summed E-state index contributed by atoms with van der Waals surface area (Å²) in [5.41, 5.74) is 7.83. The summed E-state index contributed by atoms with van der Waals surface area (Å²) in [6.07, 6.45) is 4.13. The average molecular weight is 324 g/mol. The number of nitrogen functional groups attached to an aromatic ring is 1. The van der Waals surface area contributed by atoms with Gasteiger partial charge in [-0.25, -0.2) is 9.78 Å². The van der Waals surface area contributed by atoms with Crippen LogP contribution in [-0.2, 0) is 12.8 Å². The summed E-state index contributed by atoms with van der Waals surface area (Å²) in [6, 6.07) is 8.62. The van der Waals surface area contributed by atoms with E-state index in [1.54, 1.807) is 24.4 Å². The highest BCUT2D eigenvalue weighted by molar-refractivity contribution is 5.87. The first kappa shape index (κ1) is 15.7. The number of aromatic nitrogens is 3. The molecule has 0 aliphatic heterocycles. The Morgan fingerprint density at radius 2 is 1.88 bits per heavy atom. The number of carboxylic acid groups (broad SMARTS) is 1. The number of pyridine rings is 1. The number of rotatable bonds is 5. The molecule has 4 N–H and O–H groups in total. The zero-order chi connectivity index (χ0) is 17.1. The third-order valence-corrected chi connectivity index (χ3v) is 3.77. The van der Waals surface area contributed by atoms with Gasteiger partial charge in [0, 0.05) is 6.20 Å². The Kier molecular flexibility index (Phi) is 4.24. The molecule has 0 aliphatic rings. The minimum Gasteiger partial charge on any atom is -0.478 e. The Morgan fingerprint density at radius 3 is 2.58 bits per heavy atom. The molecule has 2 heterocycles. The number of aromatic carboxylic acids is 1. The molecule has 0 unspecified atom stereocenters. The van der Waals surface area contributed by atoms with Gasteiger partial charge in [0.25, 0.3) is 5.56 Å². The number of carboxylic acids is 1. The van der Waals surface area contributed by atoms with Gasteiger partial charge in [0.15, 0.2) is 5.65 Å². The first-order chi connectivity index (χ1) is 11.5. The van der Waals surface area contributed by atoms with Gasteiger partial charge in [0.05, 0.1) is 10.9 Å². The molecule has 0 aliphatic carbocycles. The molecule has 7 heteroatoms. The number of aromatic amines is 1. The monoisotopic (exact) mass is 324 g/mol. The highest BCUT2D eigenvalue weighted by atomic mass is 16.4. The van der Waals surface area contributed by atoms with Crippen LogP contribution in [0.1, 0.15) is 27.9 Å². The zero-order valence-electron chi connectivity index (χ0n) is 12.8. The third-order valence-electron chi connectivity index (χ3n) is 3.77. The van der Waals surface area contributed by atoms with E-state index in [-0.39, 0.29) is 17.1 Å². The molecule has 0 saturated carbocycles. The van der Waals surface area contributed by atoms with Gasteiger partial charge in [0.2, 0.25) is 5.95 Å². The lowest BCUT2D eigenvalue weighted by atomic mass is 10.0.